The van der Waals surface area contributed by atoms with Crippen LogP contribution in [0.3, 0.4) is 0 Å². The van der Waals surface area contributed by atoms with Gasteiger partial charge in [-0.1, -0.05) is 17.7 Å². The van der Waals surface area contributed by atoms with Gasteiger partial charge in [0.15, 0.2) is 0 Å². The smallest absolute Gasteiger partial charge is 0.214 e. The van der Waals surface area contributed by atoms with Crippen LogP contribution in [0, 0.1) is 5.95 Å². The highest BCUT2D eigenvalue weighted by molar-refractivity contribution is 7.14. The van der Waals surface area contributed by atoms with Crippen molar-refractivity contribution in [3.8, 4) is 0 Å². The van der Waals surface area contributed by atoms with Crippen molar-refractivity contribution >= 4 is 28.8 Å². The van der Waals surface area contributed by atoms with Crippen molar-refractivity contribution in [3.05, 3.63) is 45.5 Å². The average molecular weight is 257 g/mol. The molecule has 0 fully saturated rings. The Morgan fingerprint density at radius 3 is 2.94 bits per heavy atom. The molecule has 1 atom stereocenters. The van der Waals surface area contributed by atoms with Crippen LogP contribution in [0.5, 0.6) is 0 Å². The summed E-state index contributed by atoms with van der Waals surface area (Å²) >= 11 is 7.33. The van der Waals surface area contributed by atoms with E-state index in [1.54, 1.807) is 12.1 Å². The highest BCUT2D eigenvalue weighted by Crippen LogP contribution is 2.26. The zero-order valence-corrected chi connectivity index (χ0v) is 10.1. The number of halogens is 2. The average Bonchev–Trinajstić information content (AvgIpc) is 2.65. The second kappa shape index (κ2) is 4.80. The lowest BCUT2D eigenvalue weighted by atomic mass is 10.2. The van der Waals surface area contributed by atoms with Crippen molar-refractivity contribution in [1.82, 2.24) is 4.98 Å². The summed E-state index contributed by atoms with van der Waals surface area (Å²) in [5.74, 6) is 0.0374. The number of nitrogens with one attached hydrogen (secondary N) is 1. The molecule has 0 spiro atoms. The first-order valence-electron chi connectivity index (χ1n) is 4.78. The van der Waals surface area contributed by atoms with E-state index in [1.165, 1.54) is 17.4 Å². The minimum absolute atomic E-state index is 0.0537. The molecule has 2 heterocycles. The fourth-order valence-electron chi connectivity index (χ4n) is 1.34. The standard InChI is InChI=1S/C11H10ClFN2S/c1-7(8-5-9(12)16-6-8)14-11-4-2-3-10(13)15-11/h2-7H,1H3,(H,14,15). The Balaban J connectivity index is 2.10. The molecular weight excluding hydrogens is 247 g/mol. The zero-order valence-electron chi connectivity index (χ0n) is 8.58. The lowest BCUT2D eigenvalue weighted by molar-refractivity contribution is 0.584. The molecular formula is C11H10ClFN2S. The third-order valence-electron chi connectivity index (χ3n) is 2.17. The monoisotopic (exact) mass is 256 g/mol. The molecule has 0 radical (unpaired) electrons. The van der Waals surface area contributed by atoms with Gasteiger partial charge in [-0.25, -0.2) is 4.98 Å². The number of anilines is 1. The van der Waals surface area contributed by atoms with Gasteiger partial charge in [-0.3, -0.25) is 0 Å². The van der Waals surface area contributed by atoms with Crippen LogP contribution in [0.4, 0.5) is 10.2 Å². The van der Waals surface area contributed by atoms with Gasteiger partial charge < -0.3 is 5.32 Å². The van der Waals surface area contributed by atoms with Crippen molar-refractivity contribution in [2.24, 2.45) is 0 Å². The van der Waals surface area contributed by atoms with Crippen LogP contribution in [-0.2, 0) is 0 Å². The quantitative estimate of drug-likeness (QED) is 0.836. The van der Waals surface area contributed by atoms with Crippen molar-refractivity contribution in [3.63, 3.8) is 0 Å². The Kier molecular flexibility index (Phi) is 3.41. The first-order chi connectivity index (χ1) is 7.65. The van der Waals surface area contributed by atoms with Gasteiger partial charge in [0.1, 0.15) is 5.82 Å². The van der Waals surface area contributed by atoms with Gasteiger partial charge in [0, 0.05) is 0 Å². The lowest BCUT2D eigenvalue weighted by Crippen LogP contribution is -2.07. The highest BCUT2D eigenvalue weighted by Gasteiger charge is 2.08. The molecule has 16 heavy (non-hydrogen) atoms. The van der Waals surface area contributed by atoms with E-state index in [-0.39, 0.29) is 6.04 Å². The van der Waals surface area contributed by atoms with Crippen LogP contribution in [0.1, 0.15) is 18.5 Å². The molecule has 1 N–H and O–H groups in total. The number of pyridine rings is 1. The summed E-state index contributed by atoms with van der Waals surface area (Å²) < 4.78 is 13.6. The minimum atomic E-state index is -0.486. The summed E-state index contributed by atoms with van der Waals surface area (Å²) in [6.07, 6.45) is 0. The number of thiophene rings is 1. The summed E-state index contributed by atoms with van der Waals surface area (Å²) in [6.45, 7) is 1.98. The molecule has 0 bridgehead atoms. The van der Waals surface area contributed by atoms with E-state index in [4.69, 9.17) is 11.6 Å². The maximum Gasteiger partial charge on any atom is 0.214 e. The number of rotatable bonds is 3. The zero-order chi connectivity index (χ0) is 11.5. The molecule has 84 valence electrons. The first-order valence-corrected chi connectivity index (χ1v) is 6.04. The summed E-state index contributed by atoms with van der Waals surface area (Å²) in [6, 6.07) is 6.62. The fourth-order valence-corrected chi connectivity index (χ4v) is 2.33. The predicted octanol–water partition coefficient (Wildman–Crippen LogP) is 4.11. The predicted molar refractivity (Wildman–Crippen MR) is 65.6 cm³/mol. The molecule has 0 aromatic carbocycles. The van der Waals surface area contributed by atoms with E-state index >= 15 is 0 Å². The van der Waals surface area contributed by atoms with Crippen molar-refractivity contribution < 1.29 is 4.39 Å². The first kappa shape index (κ1) is 11.4. The van der Waals surface area contributed by atoms with Crippen LogP contribution in [0.15, 0.2) is 29.6 Å². The molecule has 0 aliphatic heterocycles. The van der Waals surface area contributed by atoms with Crippen molar-refractivity contribution in [2.45, 2.75) is 13.0 Å². The molecule has 2 aromatic rings. The number of hydrogen-bond acceptors (Lipinski definition) is 3. The van der Waals surface area contributed by atoms with Crippen molar-refractivity contribution in [2.75, 3.05) is 5.32 Å². The number of nitrogens with zero attached hydrogens (tertiary/aromatic N) is 1. The maximum absolute atomic E-state index is 12.9. The molecule has 1 unspecified atom stereocenters. The minimum Gasteiger partial charge on any atom is -0.363 e. The summed E-state index contributed by atoms with van der Waals surface area (Å²) in [5, 5.41) is 5.08. The van der Waals surface area contributed by atoms with E-state index in [9.17, 15) is 4.39 Å². The number of aromatic nitrogens is 1. The SMILES string of the molecule is CC(Nc1cccc(F)n1)c1csc(Cl)c1. The second-order valence-corrected chi connectivity index (χ2v) is 4.94. The van der Waals surface area contributed by atoms with Crippen LogP contribution in [0.2, 0.25) is 4.34 Å². The van der Waals surface area contributed by atoms with E-state index < -0.39 is 5.95 Å². The van der Waals surface area contributed by atoms with Gasteiger partial charge in [0.2, 0.25) is 5.95 Å². The molecule has 0 aliphatic carbocycles. The Hall–Kier alpha value is -1.13. The fraction of sp³-hybridized carbons (Fsp3) is 0.182. The molecule has 0 aliphatic rings. The third kappa shape index (κ3) is 2.71. The van der Waals surface area contributed by atoms with E-state index in [0.717, 1.165) is 9.90 Å². The molecule has 0 saturated heterocycles. The molecule has 2 rings (SSSR count). The Labute approximate surface area is 102 Å². The van der Waals surface area contributed by atoms with Gasteiger partial charge >= 0.3 is 0 Å². The Morgan fingerprint density at radius 1 is 1.50 bits per heavy atom. The van der Waals surface area contributed by atoms with Crippen LogP contribution < -0.4 is 5.32 Å². The lowest BCUT2D eigenvalue weighted by Gasteiger charge is -2.12. The molecule has 0 amide bonds. The summed E-state index contributed by atoms with van der Waals surface area (Å²) in [4.78, 5) is 3.74. The Morgan fingerprint density at radius 2 is 2.31 bits per heavy atom. The molecule has 0 saturated carbocycles. The van der Waals surface area contributed by atoms with Gasteiger partial charge in [0.05, 0.1) is 10.4 Å². The van der Waals surface area contributed by atoms with Gasteiger partial charge in [-0.15, -0.1) is 11.3 Å². The third-order valence-corrected chi connectivity index (χ3v) is 3.28. The highest BCUT2D eigenvalue weighted by atomic mass is 35.5. The van der Waals surface area contributed by atoms with Crippen molar-refractivity contribution in [1.29, 1.82) is 0 Å². The Bertz CT molecular complexity index is 486. The van der Waals surface area contributed by atoms with Crippen LogP contribution in [-0.4, -0.2) is 4.98 Å². The van der Waals surface area contributed by atoms with Crippen LogP contribution >= 0.6 is 22.9 Å². The molecule has 5 heteroatoms. The van der Waals surface area contributed by atoms with E-state index in [0.29, 0.717) is 5.82 Å². The van der Waals surface area contributed by atoms with E-state index in [1.807, 2.05) is 18.4 Å². The van der Waals surface area contributed by atoms with Gasteiger partial charge in [-0.05, 0) is 36.1 Å². The molecule has 2 aromatic heterocycles. The summed E-state index contributed by atoms with van der Waals surface area (Å²) in [5.41, 5.74) is 1.07. The maximum atomic E-state index is 12.9. The normalized spacial score (nSPS) is 12.4. The van der Waals surface area contributed by atoms with E-state index in [2.05, 4.69) is 10.3 Å². The summed E-state index contributed by atoms with van der Waals surface area (Å²) in [7, 11) is 0. The van der Waals surface area contributed by atoms with Gasteiger partial charge in [0.25, 0.3) is 0 Å². The van der Waals surface area contributed by atoms with Gasteiger partial charge in [-0.2, -0.15) is 4.39 Å². The second-order valence-electron chi connectivity index (χ2n) is 3.40. The van der Waals surface area contributed by atoms with Crippen LogP contribution in [0.25, 0.3) is 0 Å². The topological polar surface area (TPSA) is 24.9 Å². The molecule has 2 nitrogen and oxygen atoms in total. The number of hydrogen-bond donors (Lipinski definition) is 1. The largest absolute Gasteiger partial charge is 0.363 e.